The van der Waals surface area contributed by atoms with Gasteiger partial charge in [-0.15, -0.1) is 10.2 Å². The van der Waals surface area contributed by atoms with Crippen LogP contribution in [0, 0.1) is 0 Å². The Kier molecular flexibility index (Phi) is 9.39. The Labute approximate surface area is 183 Å². The Morgan fingerprint density at radius 3 is 2.90 bits per heavy atom. The highest BCUT2D eigenvalue weighted by Gasteiger charge is 2.12. The van der Waals surface area contributed by atoms with Crippen LogP contribution in [0.4, 0.5) is 5.69 Å². The molecule has 0 amide bonds. The molecule has 31 heavy (non-hydrogen) atoms. The van der Waals surface area contributed by atoms with Crippen molar-refractivity contribution in [1.82, 2.24) is 20.1 Å². The molecule has 0 saturated heterocycles. The van der Waals surface area contributed by atoms with Gasteiger partial charge in [0.15, 0.2) is 23.3 Å². The summed E-state index contributed by atoms with van der Waals surface area (Å²) in [5.74, 6) is 2.96. The van der Waals surface area contributed by atoms with E-state index in [-0.39, 0.29) is 0 Å². The van der Waals surface area contributed by atoms with Gasteiger partial charge in [-0.05, 0) is 25.5 Å². The molecule has 170 valence electrons. The minimum absolute atomic E-state index is 0.415. The molecule has 10 heteroatoms. The minimum Gasteiger partial charge on any atom is -0.490 e. The number of benzene rings is 1. The van der Waals surface area contributed by atoms with Crippen LogP contribution in [0.25, 0.3) is 0 Å². The number of hydrogen-bond acceptors (Lipinski definition) is 7. The molecule has 2 aromatic rings. The summed E-state index contributed by atoms with van der Waals surface area (Å²) in [6.45, 7) is 7.14. The molecule has 10 nitrogen and oxygen atoms in total. The standard InChI is InChI=1S/C21H32N6O4/c1-3-27-16-24-26-20(27)15-23-21(22-8-4-9-29-13-12-28-2)25-17-6-7-18-19(14-17)31-11-5-10-30-18/h6-7,14,16H,3-5,8-13,15H2,1-2H3,(H2,22,23,25). The normalized spacial score (nSPS) is 13.7. The molecule has 3 rings (SSSR count). The first-order chi connectivity index (χ1) is 15.3. The Hall–Kier alpha value is -2.85. The fourth-order valence-corrected chi connectivity index (χ4v) is 2.96. The lowest BCUT2D eigenvalue weighted by Gasteiger charge is -2.15. The first kappa shape index (κ1) is 22.8. The first-order valence-corrected chi connectivity index (χ1v) is 10.7. The second kappa shape index (κ2) is 12.8. The molecular formula is C21H32N6O4. The molecule has 1 aromatic heterocycles. The zero-order valence-corrected chi connectivity index (χ0v) is 18.3. The average Bonchev–Trinajstić information content (AvgIpc) is 3.12. The highest BCUT2D eigenvalue weighted by molar-refractivity contribution is 5.93. The summed E-state index contributed by atoms with van der Waals surface area (Å²) in [5, 5.41) is 14.8. The summed E-state index contributed by atoms with van der Waals surface area (Å²) >= 11 is 0. The monoisotopic (exact) mass is 432 g/mol. The van der Waals surface area contributed by atoms with E-state index < -0.39 is 0 Å². The van der Waals surface area contributed by atoms with Crippen molar-refractivity contribution >= 4 is 11.6 Å². The number of nitrogens with one attached hydrogen (secondary N) is 2. The highest BCUT2D eigenvalue weighted by atomic mass is 16.5. The number of aryl methyl sites for hydroxylation is 1. The van der Waals surface area contributed by atoms with Gasteiger partial charge in [0.2, 0.25) is 0 Å². The Morgan fingerprint density at radius 1 is 1.19 bits per heavy atom. The van der Waals surface area contributed by atoms with Crippen LogP contribution in [0.3, 0.4) is 0 Å². The molecule has 1 aliphatic rings. The molecule has 2 heterocycles. The maximum absolute atomic E-state index is 5.79. The summed E-state index contributed by atoms with van der Waals surface area (Å²) in [7, 11) is 1.66. The van der Waals surface area contributed by atoms with Gasteiger partial charge < -0.3 is 34.1 Å². The molecule has 0 radical (unpaired) electrons. The summed E-state index contributed by atoms with van der Waals surface area (Å²) in [5.41, 5.74) is 0.865. The number of anilines is 1. The van der Waals surface area contributed by atoms with Crippen molar-refractivity contribution in [3.8, 4) is 11.5 Å². The van der Waals surface area contributed by atoms with E-state index in [1.165, 1.54) is 0 Å². The number of guanidine groups is 1. The number of rotatable bonds is 11. The van der Waals surface area contributed by atoms with Gasteiger partial charge in [-0.25, -0.2) is 4.99 Å². The third kappa shape index (κ3) is 7.41. The van der Waals surface area contributed by atoms with Crippen molar-refractivity contribution in [1.29, 1.82) is 0 Å². The van der Waals surface area contributed by atoms with E-state index in [0.29, 0.717) is 52.1 Å². The van der Waals surface area contributed by atoms with Crippen LogP contribution in [-0.4, -0.2) is 67.4 Å². The van der Waals surface area contributed by atoms with E-state index in [4.69, 9.17) is 18.9 Å². The number of ether oxygens (including phenoxy) is 4. The second-order valence-corrected chi connectivity index (χ2v) is 6.92. The third-order valence-corrected chi connectivity index (χ3v) is 4.61. The molecule has 0 aliphatic carbocycles. The molecule has 0 saturated carbocycles. The van der Waals surface area contributed by atoms with Gasteiger partial charge in [-0.3, -0.25) is 0 Å². The lowest BCUT2D eigenvalue weighted by atomic mass is 10.2. The summed E-state index contributed by atoms with van der Waals surface area (Å²) < 4.78 is 24.0. The van der Waals surface area contributed by atoms with Gasteiger partial charge in [0.1, 0.15) is 12.9 Å². The van der Waals surface area contributed by atoms with Gasteiger partial charge in [0, 0.05) is 45.0 Å². The van der Waals surface area contributed by atoms with E-state index in [1.807, 2.05) is 22.8 Å². The van der Waals surface area contributed by atoms with Crippen LogP contribution >= 0.6 is 0 Å². The molecule has 2 N–H and O–H groups in total. The zero-order chi connectivity index (χ0) is 21.7. The van der Waals surface area contributed by atoms with Crippen LogP contribution in [0.15, 0.2) is 29.5 Å². The number of fused-ring (bicyclic) bond motifs is 1. The quantitative estimate of drug-likeness (QED) is 0.316. The van der Waals surface area contributed by atoms with Crippen LogP contribution in [0.5, 0.6) is 11.5 Å². The van der Waals surface area contributed by atoms with Gasteiger partial charge in [0.05, 0.1) is 26.4 Å². The highest BCUT2D eigenvalue weighted by Crippen LogP contribution is 2.32. The molecule has 1 aliphatic heterocycles. The van der Waals surface area contributed by atoms with Crippen molar-refractivity contribution in [2.24, 2.45) is 4.99 Å². The largest absolute Gasteiger partial charge is 0.490 e. The predicted molar refractivity (Wildman–Crippen MR) is 118 cm³/mol. The van der Waals surface area contributed by atoms with Gasteiger partial charge in [0.25, 0.3) is 0 Å². The Morgan fingerprint density at radius 2 is 2.06 bits per heavy atom. The third-order valence-electron chi connectivity index (χ3n) is 4.61. The first-order valence-electron chi connectivity index (χ1n) is 10.7. The number of hydrogen-bond donors (Lipinski definition) is 2. The molecular weight excluding hydrogens is 400 g/mol. The molecule has 0 spiro atoms. The fourth-order valence-electron chi connectivity index (χ4n) is 2.96. The molecule has 0 unspecified atom stereocenters. The summed E-state index contributed by atoms with van der Waals surface area (Å²) in [6.07, 6.45) is 3.43. The van der Waals surface area contributed by atoms with E-state index in [2.05, 4.69) is 32.7 Å². The predicted octanol–water partition coefficient (Wildman–Crippen LogP) is 2.07. The average molecular weight is 433 g/mol. The Bertz CT molecular complexity index is 826. The number of aliphatic imine (C=N–C) groups is 1. The minimum atomic E-state index is 0.415. The van der Waals surface area contributed by atoms with Crippen molar-refractivity contribution in [2.75, 3.05) is 52.0 Å². The maximum Gasteiger partial charge on any atom is 0.196 e. The van der Waals surface area contributed by atoms with Crippen LogP contribution < -0.4 is 20.1 Å². The van der Waals surface area contributed by atoms with Crippen LogP contribution in [-0.2, 0) is 22.6 Å². The number of aromatic nitrogens is 3. The van der Waals surface area contributed by atoms with Crippen LogP contribution in [0.2, 0.25) is 0 Å². The van der Waals surface area contributed by atoms with Crippen molar-refractivity contribution in [3.05, 3.63) is 30.4 Å². The zero-order valence-electron chi connectivity index (χ0n) is 18.3. The second-order valence-electron chi connectivity index (χ2n) is 6.92. The van der Waals surface area contributed by atoms with Crippen LogP contribution in [0.1, 0.15) is 25.6 Å². The summed E-state index contributed by atoms with van der Waals surface area (Å²) in [4.78, 5) is 4.69. The lowest BCUT2D eigenvalue weighted by Crippen LogP contribution is -2.32. The molecule has 0 bridgehead atoms. The van der Waals surface area contributed by atoms with Crippen molar-refractivity contribution in [2.45, 2.75) is 32.9 Å². The number of nitrogens with zero attached hydrogens (tertiary/aromatic N) is 4. The van der Waals surface area contributed by atoms with Crippen molar-refractivity contribution in [3.63, 3.8) is 0 Å². The molecule has 0 atom stereocenters. The van der Waals surface area contributed by atoms with Gasteiger partial charge in [-0.1, -0.05) is 0 Å². The van der Waals surface area contributed by atoms with E-state index in [9.17, 15) is 0 Å². The smallest absolute Gasteiger partial charge is 0.196 e. The van der Waals surface area contributed by atoms with Crippen molar-refractivity contribution < 1.29 is 18.9 Å². The molecule has 1 aromatic carbocycles. The van der Waals surface area contributed by atoms with Gasteiger partial charge in [-0.2, -0.15) is 0 Å². The summed E-state index contributed by atoms with van der Waals surface area (Å²) in [6, 6.07) is 5.80. The lowest BCUT2D eigenvalue weighted by molar-refractivity contribution is 0.0699. The fraction of sp³-hybridized carbons (Fsp3) is 0.571. The SMILES string of the molecule is CCn1cnnc1CN=C(NCCCOCCOC)Nc1ccc2c(c1)OCCCO2. The topological polar surface area (TPSA) is 104 Å². The van der Waals surface area contributed by atoms with Gasteiger partial charge >= 0.3 is 0 Å². The van der Waals surface area contributed by atoms with E-state index in [0.717, 1.165) is 42.4 Å². The van der Waals surface area contributed by atoms with E-state index >= 15 is 0 Å². The molecule has 0 fully saturated rings. The maximum atomic E-state index is 5.79. The van der Waals surface area contributed by atoms with E-state index in [1.54, 1.807) is 13.4 Å². The number of methoxy groups -OCH3 is 1. The Balaban J connectivity index is 1.62.